The summed E-state index contributed by atoms with van der Waals surface area (Å²) in [5, 5.41) is 2.89. The third-order valence-electron chi connectivity index (χ3n) is 4.47. The van der Waals surface area contributed by atoms with E-state index in [1.54, 1.807) is 18.3 Å². The average molecular weight is 345 g/mol. The summed E-state index contributed by atoms with van der Waals surface area (Å²) in [4.78, 5) is 20.7. The zero-order valence-electron chi connectivity index (χ0n) is 14.3. The van der Waals surface area contributed by atoms with Crippen LogP contribution in [0.25, 0.3) is 0 Å². The van der Waals surface area contributed by atoms with E-state index < -0.39 is 0 Å². The minimum atomic E-state index is -0.263. The molecule has 0 saturated carbocycles. The average Bonchev–Trinajstić information content (AvgIpc) is 3.14. The van der Waals surface area contributed by atoms with Crippen molar-refractivity contribution in [3.63, 3.8) is 0 Å². The minimum absolute atomic E-state index is 0.0104. The Morgan fingerprint density at radius 2 is 1.80 bits per heavy atom. The number of carbonyl (C=O) groups is 1. The van der Waals surface area contributed by atoms with Gasteiger partial charge in [-0.25, -0.2) is 9.37 Å². The fourth-order valence-corrected chi connectivity index (χ4v) is 2.91. The van der Waals surface area contributed by atoms with E-state index in [0.717, 1.165) is 44.8 Å². The van der Waals surface area contributed by atoms with Gasteiger partial charge in [-0.2, -0.15) is 0 Å². The molecule has 1 aromatic carbocycles. The smallest absolute Gasteiger partial charge is 0.234 e. The van der Waals surface area contributed by atoms with Gasteiger partial charge in [0, 0.05) is 58.2 Å². The van der Waals surface area contributed by atoms with Crippen molar-refractivity contribution in [1.82, 2.24) is 24.7 Å². The van der Waals surface area contributed by atoms with Gasteiger partial charge >= 0.3 is 0 Å². The van der Waals surface area contributed by atoms with Crippen molar-refractivity contribution in [2.75, 3.05) is 39.3 Å². The number of amides is 1. The molecule has 1 N–H and O–H groups in total. The van der Waals surface area contributed by atoms with E-state index in [-0.39, 0.29) is 11.7 Å². The van der Waals surface area contributed by atoms with Crippen LogP contribution in [0.5, 0.6) is 0 Å². The molecule has 1 aromatic heterocycles. The lowest BCUT2D eigenvalue weighted by Gasteiger charge is -2.34. The van der Waals surface area contributed by atoms with Gasteiger partial charge in [0.1, 0.15) is 5.82 Å². The predicted octanol–water partition coefficient (Wildman–Crippen LogP) is 0.956. The van der Waals surface area contributed by atoms with E-state index in [2.05, 4.69) is 24.7 Å². The largest absolute Gasteiger partial charge is 0.351 e. The maximum Gasteiger partial charge on any atom is 0.234 e. The highest BCUT2D eigenvalue weighted by Gasteiger charge is 2.18. The van der Waals surface area contributed by atoms with Crippen LogP contribution >= 0.6 is 0 Å². The summed E-state index contributed by atoms with van der Waals surface area (Å²) < 4.78 is 14.9. The molecule has 2 heterocycles. The second-order valence-electron chi connectivity index (χ2n) is 6.32. The number of rotatable bonds is 7. The van der Waals surface area contributed by atoms with Crippen LogP contribution < -0.4 is 5.32 Å². The summed E-state index contributed by atoms with van der Waals surface area (Å²) in [6.45, 7) is 6.53. The van der Waals surface area contributed by atoms with E-state index >= 15 is 0 Å². The van der Waals surface area contributed by atoms with E-state index in [0.29, 0.717) is 13.1 Å². The van der Waals surface area contributed by atoms with Gasteiger partial charge in [-0.1, -0.05) is 12.1 Å². The molecule has 1 saturated heterocycles. The van der Waals surface area contributed by atoms with Crippen LogP contribution in [0.2, 0.25) is 0 Å². The quantitative estimate of drug-likeness (QED) is 0.812. The molecule has 1 fully saturated rings. The van der Waals surface area contributed by atoms with Gasteiger partial charge in [0.25, 0.3) is 0 Å². The first kappa shape index (κ1) is 17.6. The Balaban J connectivity index is 1.32. The third kappa shape index (κ3) is 5.65. The molecule has 7 heteroatoms. The number of benzene rings is 1. The molecule has 0 spiro atoms. The monoisotopic (exact) mass is 345 g/mol. The van der Waals surface area contributed by atoms with Crippen LogP contribution in [0.4, 0.5) is 4.39 Å². The summed E-state index contributed by atoms with van der Waals surface area (Å²) in [6, 6.07) is 6.19. The zero-order chi connectivity index (χ0) is 17.5. The lowest BCUT2D eigenvalue weighted by molar-refractivity contribution is -0.122. The van der Waals surface area contributed by atoms with Crippen molar-refractivity contribution in [1.29, 1.82) is 0 Å². The second kappa shape index (κ2) is 8.73. The summed E-state index contributed by atoms with van der Waals surface area (Å²) in [6.07, 6.45) is 5.60. The number of piperazine rings is 1. The molecule has 25 heavy (non-hydrogen) atoms. The molecule has 0 bridgehead atoms. The van der Waals surface area contributed by atoms with Crippen molar-refractivity contribution < 1.29 is 9.18 Å². The number of nitrogens with one attached hydrogen (secondary N) is 1. The Labute approximate surface area is 147 Å². The molecule has 2 aromatic rings. The maximum atomic E-state index is 12.9. The van der Waals surface area contributed by atoms with Crippen LogP contribution in [0, 0.1) is 5.82 Å². The van der Waals surface area contributed by atoms with Crippen molar-refractivity contribution in [3.8, 4) is 0 Å². The molecule has 0 unspecified atom stereocenters. The highest BCUT2D eigenvalue weighted by molar-refractivity contribution is 5.78. The fourth-order valence-electron chi connectivity index (χ4n) is 2.91. The van der Waals surface area contributed by atoms with Gasteiger partial charge in [0.2, 0.25) is 5.91 Å². The standard InChI is InChI=1S/C18H24FN5O/c19-17-3-1-16(2-4-17)13-21-18(25)14-23-10-7-22(8-11-23)9-12-24-6-5-20-15-24/h1-6,15H,7-14H2,(H,21,25). The van der Waals surface area contributed by atoms with Crippen LogP contribution in [-0.4, -0.2) is 64.5 Å². The molecule has 1 amide bonds. The van der Waals surface area contributed by atoms with Crippen molar-refractivity contribution in [2.45, 2.75) is 13.1 Å². The third-order valence-corrected chi connectivity index (χ3v) is 4.47. The van der Waals surface area contributed by atoms with Crippen LogP contribution in [0.1, 0.15) is 5.56 Å². The first-order valence-electron chi connectivity index (χ1n) is 8.60. The minimum Gasteiger partial charge on any atom is -0.351 e. The topological polar surface area (TPSA) is 53.4 Å². The molecule has 0 aliphatic carbocycles. The molecule has 1 aliphatic rings. The Morgan fingerprint density at radius 3 is 2.48 bits per heavy atom. The van der Waals surface area contributed by atoms with Gasteiger partial charge in [-0.3, -0.25) is 14.6 Å². The van der Waals surface area contributed by atoms with Crippen LogP contribution in [0.15, 0.2) is 43.0 Å². The highest BCUT2D eigenvalue weighted by atomic mass is 19.1. The van der Waals surface area contributed by atoms with Gasteiger partial charge < -0.3 is 9.88 Å². The van der Waals surface area contributed by atoms with Crippen molar-refractivity contribution >= 4 is 5.91 Å². The first-order valence-corrected chi connectivity index (χ1v) is 8.60. The number of carbonyl (C=O) groups excluding carboxylic acids is 1. The molecule has 3 rings (SSSR count). The number of nitrogens with zero attached hydrogens (tertiary/aromatic N) is 4. The molecular formula is C18H24FN5O. The van der Waals surface area contributed by atoms with Crippen molar-refractivity contribution in [3.05, 3.63) is 54.4 Å². The number of imidazole rings is 1. The number of aromatic nitrogens is 2. The molecule has 6 nitrogen and oxygen atoms in total. The highest BCUT2D eigenvalue weighted by Crippen LogP contribution is 2.04. The Morgan fingerprint density at radius 1 is 1.08 bits per heavy atom. The molecule has 0 atom stereocenters. The summed E-state index contributed by atoms with van der Waals surface area (Å²) >= 11 is 0. The molecule has 0 radical (unpaired) electrons. The summed E-state index contributed by atoms with van der Waals surface area (Å²) in [7, 11) is 0. The van der Waals surface area contributed by atoms with Gasteiger partial charge in [0.05, 0.1) is 12.9 Å². The lowest BCUT2D eigenvalue weighted by atomic mass is 10.2. The molecule has 134 valence electrons. The van der Waals surface area contributed by atoms with E-state index in [1.165, 1.54) is 12.1 Å². The number of hydrogen-bond donors (Lipinski definition) is 1. The van der Waals surface area contributed by atoms with Crippen LogP contribution in [-0.2, 0) is 17.9 Å². The predicted molar refractivity (Wildman–Crippen MR) is 93.4 cm³/mol. The van der Waals surface area contributed by atoms with Gasteiger partial charge in [-0.15, -0.1) is 0 Å². The van der Waals surface area contributed by atoms with Gasteiger partial charge in [0.15, 0.2) is 0 Å². The van der Waals surface area contributed by atoms with Crippen molar-refractivity contribution in [2.24, 2.45) is 0 Å². The van der Waals surface area contributed by atoms with Crippen LogP contribution in [0.3, 0.4) is 0 Å². The fraction of sp³-hybridized carbons (Fsp3) is 0.444. The molecular weight excluding hydrogens is 321 g/mol. The second-order valence-corrected chi connectivity index (χ2v) is 6.32. The number of hydrogen-bond acceptors (Lipinski definition) is 4. The number of halogens is 1. The SMILES string of the molecule is O=C(CN1CCN(CCn2ccnc2)CC1)NCc1ccc(F)cc1. The zero-order valence-corrected chi connectivity index (χ0v) is 14.3. The Kier molecular flexibility index (Phi) is 6.14. The van der Waals surface area contributed by atoms with E-state index in [9.17, 15) is 9.18 Å². The lowest BCUT2D eigenvalue weighted by Crippen LogP contribution is -2.49. The van der Waals surface area contributed by atoms with Gasteiger partial charge in [-0.05, 0) is 17.7 Å². The van der Waals surface area contributed by atoms with E-state index in [1.807, 2.05) is 12.5 Å². The summed E-state index contributed by atoms with van der Waals surface area (Å²) in [5.41, 5.74) is 0.902. The normalized spacial score (nSPS) is 16.0. The summed E-state index contributed by atoms with van der Waals surface area (Å²) in [5.74, 6) is -0.253. The first-order chi connectivity index (χ1) is 12.2. The molecule has 1 aliphatic heterocycles. The Hall–Kier alpha value is -2.25. The maximum absolute atomic E-state index is 12.9. The Bertz CT molecular complexity index is 651. The van der Waals surface area contributed by atoms with E-state index in [4.69, 9.17) is 0 Å².